The molecule has 4 rings (SSSR count). The van der Waals surface area contributed by atoms with Crippen molar-refractivity contribution in [2.45, 2.75) is 6.61 Å². The molecule has 0 radical (unpaired) electrons. The molecule has 0 atom stereocenters. The van der Waals surface area contributed by atoms with Crippen LogP contribution in [0.1, 0.15) is 11.1 Å². The maximum absolute atomic E-state index is 12.8. The minimum atomic E-state index is -0.406. The molecule has 0 aliphatic rings. The molecule has 7 nitrogen and oxygen atoms in total. The van der Waals surface area contributed by atoms with Crippen molar-refractivity contribution in [1.82, 2.24) is 10.3 Å². The zero-order chi connectivity index (χ0) is 26.4. The van der Waals surface area contributed by atoms with E-state index >= 15 is 0 Å². The van der Waals surface area contributed by atoms with Crippen LogP contribution < -0.4 is 19.7 Å². The Kier molecular flexibility index (Phi) is 8.66. The lowest BCUT2D eigenvalue weighted by molar-refractivity contribution is -0.122. The first-order chi connectivity index (χ1) is 17.9. The first kappa shape index (κ1) is 26.5. The molecule has 0 aliphatic heterocycles. The quantitative estimate of drug-likeness (QED) is 0.257. The summed E-state index contributed by atoms with van der Waals surface area (Å²) >= 11 is 14.4. The fourth-order valence-corrected chi connectivity index (χ4v) is 4.84. The van der Waals surface area contributed by atoms with Crippen LogP contribution in [0.15, 0.2) is 66.7 Å². The third-order valence-electron chi connectivity index (χ3n) is 5.45. The van der Waals surface area contributed by atoms with Crippen LogP contribution in [-0.4, -0.2) is 37.5 Å². The van der Waals surface area contributed by atoms with E-state index in [1.807, 2.05) is 42.5 Å². The Morgan fingerprint density at radius 1 is 1.11 bits per heavy atom. The summed E-state index contributed by atoms with van der Waals surface area (Å²) in [5.74, 6) is -0.0776. The Morgan fingerprint density at radius 2 is 1.92 bits per heavy atom. The van der Waals surface area contributed by atoms with Crippen molar-refractivity contribution < 1.29 is 19.1 Å². The van der Waals surface area contributed by atoms with E-state index in [9.17, 15) is 9.59 Å². The highest BCUT2D eigenvalue weighted by atomic mass is 35.5. The van der Waals surface area contributed by atoms with E-state index in [1.54, 1.807) is 38.4 Å². The molecule has 0 saturated carbocycles. The van der Waals surface area contributed by atoms with Gasteiger partial charge in [-0.2, -0.15) is 0 Å². The first-order valence-corrected chi connectivity index (χ1v) is 12.7. The van der Waals surface area contributed by atoms with E-state index in [4.69, 9.17) is 32.7 Å². The van der Waals surface area contributed by atoms with Crippen LogP contribution in [-0.2, 0) is 16.2 Å². The molecule has 0 unspecified atom stereocenters. The van der Waals surface area contributed by atoms with E-state index in [1.165, 1.54) is 22.3 Å². The monoisotopic (exact) mass is 555 g/mol. The second-order valence-electron chi connectivity index (χ2n) is 7.88. The molecule has 3 aromatic carbocycles. The zero-order valence-corrected chi connectivity index (χ0v) is 22.4. The van der Waals surface area contributed by atoms with Crippen molar-refractivity contribution in [3.63, 3.8) is 0 Å². The van der Waals surface area contributed by atoms with Crippen molar-refractivity contribution >= 4 is 68.3 Å². The van der Waals surface area contributed by atoms with E-state index in [2.05, 4.69) is 10.3 Å². The number of fused-ring (bicyclic) bond motifs is 1. The van der Waals surface area contributed by atoms with Gasteiger partial charge in [0.25, 0.3) is 5.19 Å². The van der Waals surface area contributed by atoms with Gasteiger partial charge in [0.2, 0.25) is 11.8 Å². The topological polar surface area (TPSA) is 80.8 Å². The standard InChI is InChI=1S/C27H23Cl2N3O4S/c1-32(25(34)15-30-24(33)13-10-17-6-5-7-18(14-17)35-2)22-12-11-20(28)19(26(22)29)16-36-27-31-21-8-3-4-9-23(21)37-27/h3-14H,15-16H2,1-2H3,(H,30,33). The number of thiazole rings is 1. The number of nitrogens with one attached hydrogen (secondary N) is 1. The summed E-state index contributed by atoms with van der Waals surface area (Å²) in [5.41, 5.74) is 2.62. The van der Waals surface area contributed by atoms with Crippen molar-refractivity contribution in [2.24, 2.45) is 0 Å². The highest BCUT2D eigenvalue weighted by molar-refractivity contribution is 7.20. The van der Waals surface area contributed by atoms with E-state index in [0.717, 1.165) is 15.8 Å². The van der Waals surface area contributed by atoms with Gasteiger partial charge in [-0.05, 0) is 48.0 Å². The molecule has 10 heteroatoms. The Morgan fingerprint density at radius 3 is 2.70 bits per heavy atom. The molecule has 190 valence electrons. The molecule has 0 bridgehead atoms. The van der Waals surface area contributed by atoms with Crippen molar-refractivity contribution in [3.8, 4) is 10.9 Å². The number of likely N-dealkylation sites (N-methyl/N-ethyl adjacent to an activating group) is 1. The van der Waals surface area contributed by atoms with Crippen LogP contribution in [0.2, 0.25) is 10.0 Å². The molecule has 0 spiro atoms. The molecule has 1 heterocycles. The number of rotatable bonds is 9. The summed E-state index contributed by atoms with van der Waals surface area (Å²) in [6, 6.07) is 18.3. The molecular formula is C27H23Cl2N3O4S. The summed E-state index contributed by atoms with van der Waals surface area (Å²) in [6.07, 6.45) is 2.99. The third kappa shape index (κ3) is 6.60. The van der Waals surface area contributed by atoms with Gasteiger partial charge in [-0.15, -0.1) is 0 Å². The van der Waals surface area contributed by atoms with Gasteiger partial charge in [0.1, 0.15) is 12.4 Å². The molecule has 4 aromatic rings. The van der Waals surface area contributed by atoms with Gasteiger partial charge in [-0.1, -0.05) is 58.8 Å². The third-order valence-corrected chi connectivity index (χ3v) is 7.17. The maximum Gasteiger partial charge on any atom is 0.274 e. The fourth-order valence-electron chi connectivity index (χ4n) is 3.42. The number of hydrogen-bond acceptors (Lipinski definition) is 6. The lowest BCUT2D eigenvalue weighted by Gasteiger charge is -2.21. The molecule has 1 aromatic heterocycles. The van der Waals surface area contributed by atoms with Gasteiger partial charge < -0.3 is 19.7 Å². The molecule has 0 aliphatic carbocycles. The highest BCUT2D eigenvalue weighted by Crippen LogP contribution is 2.35. The number of benzene rings is 3. The minimum Gasteiger partial charge on any atom is -0.497 e. The Hall–Kier alpha value is -3.59. The van der Waals surface area contributed by atoms with E-state index < -0.39 is 5.91 Å². The largest absolute Gasteiger partial charge is 0.497 e. The number of anilines is 1. The van der Waals surface area contributed by atoms with Crippen LogP contribution in [0.5, 0.6) is 10.9 Å². The molecule has 0 fully saturated rings. The molecule has 0 saturated heterocycles. The number of methoxy groups -OCH3 is 1. The average molecular weight is 556 g/mol. The molecular weight excluding hydrogens is 533 g/mol. The summed E-state index contributed by atoms with van der Waals surface area (Å²) in [7, 11) is 3.15. The maximum atomic E-state index is 12.8. The summed E-state index contributed by atoms with van der Waals surface area (Å²) in [6.45, 7) is -0.132. The number of amides is 2. The van der Waals surface area contributed by atoms with Gasteiger partial charge in [0.05, 0.1) is 34.6 Å². The number of halogens is 2. The van der Waals surface area contributed by atoms with Crippen LogP contribution in [0, 0.1) is 0 Å². The predicted octanol–water partition coefficient (Wildman–Crippen LogP) is 5.98. The molecule has 1 N–H and O–H groups in total. The smallest absolute Gasteiger partial charge is 0.274 e. The highest BCUT2D eigenvalue weighted by Gasteiger charge is 2.19. The minimum absolute atomic E-state index is 0.0825. The predicted molar refractivity (Wildman–Crippen MR) is 149 cm³/mol. The van der Waals surface area contributed by atoms with Crippen LogP contribution in [0.4, 0.5) is 5.69 Å². The lowest BCUT2D eigenvalue weighted by atomic mass is 10.2. The van der Waals surface area contributed by atoms with Crippen LogP contribution >= 0.6 is 34.5 Å². The SMILES string of the molecule is COc1cccc(C=CC(=O)NCC(=O)N(C)c2ccc(Cl)c(COc3nc4ccccc4s3)c2Cl)c1. The van der Waals surface area contributed by atoms with Crippen LogP contribution in [0.25, 0.3) is 16.3 Å². The first-order valence-electron chi connectivity index (χ1n) is 11.2. The van der Waals surface area contributed by atoms with Crippen molar-refractivity contribution in [3.05, 3.63) is 87.9 Å². The van der Waals surface area contributed by atoms with Gasteiger partial charge in [-0.3, -0.25) is 9.59 Å². The van der Waals surface area contributed by atoms with E-state index in [-0.39, 0.29) is 24.1 Å². The number of nitrogens with zero attached hydrogens (tertiary/aromatic N) is 2. The lowest BCUT2D eigenvalue weighted by Crippen LogP contribution is -2.37. The van der Waals surface area contributed by atoms with Gasteiger partial charge >= 0.3 is 0 Å². The van der Waals surface area contributed by atoms with Gasteiger partial charge in [0.15, 0.2) is 0 Å². The summed E-state index contributed by atoms with van der Waals surface area (Å²) in [4.78, 5) is 30.8. The number of carbonyl (C=O) groups excluding carboxylic acids is 2. The number of aromatic nitrogens is 1. The zero-order valence-electron chi connectivity index (χ0n) is 20.0. The Bertz CT molecular complexity index is 1440. The van der Waals surface area contributed by atoms with Gasteiger partial charge in [0, 0.05) is 23.7 Å². The second-order valence-corrected chi connectivity index (χ2v) is 9.65. The molecule has 37 heavy (non-hydrogen) atoms. The van der Waals surface area contributed by atoms with Gasteiger partial charge in [-0.25, -0.2) is 4.98 Å². The summed E-state index contributed by atoms with van der Waals surface area (Å²) in [5, 5.41) is 3.78. The summed E-state index contributed by atoms with van der Waals surface area (Å²) < 4.78 is 12.0. The van der Waals surface area contributed by atoms with Crippen molar-refractivity contribution in [1.29, 1.82) is 0 Å². The number of hydrogen-bond donors (Lipinski definition) is 1. The fraction of sp³-hybridized carbons (Fsp3) is 0.148. The molecule has 2 amide bonds. The number of carbonyl (C=O) groups is 2. The van der Waals surface area contributed by atoms with Crippen molar-refractivity contribution in [2.75, 3.05) is 25.6 Å². The van der Waals surface area contributed by atoms with E-state index in [0.29, 0.717) is 27.2 Å². The number of ether oxygens (including phenoxy) is 2. The average Bonchev–Trinajstić information content (AvgIpc) is 3.33. The normalized spacial score (nSPS) is 11.0. The Labute approximate surface area is 228 Å². The second kappa shape index (κ2) is 12.1. The Balaban J connectivity index is 1.38. The van der Waals surface area contributed by atoms with Crippen LogP contribution in [0.3, 0.4) is 0 Å². The number of para-hydroxylation sites is 1.